The Morgan fingerprint density at radius 1 is 1.53 bits per heavy atom. The van der Waals surface area contributed by atoms with Crippen LogP contribution in [0.25, 0.3) is 11.0 Å². The molecule has 5 heteroatoms. The first-order chi connectivity index (χ1) is 9.02. The molecule has 0 radical (unpaired) electrons. The fraction of sp³-hybridized carbons (Fsp3) is 0.429. The van der Waals surface area contributed by atoms with Crippen LogP contribution >= 0.6 is 0 Å². The maximum atomic E-state index is 11.0. The lowest BCUT2D eigenvalue weighted by molar-refractivity contribution is -0.141. The number of imidazole rings is 1. The number of hydrogen-bond acceptors (Lipinski definition) is 3. The third-order valence-corrected chi connectivity index (χ3v) is 3.51. The van der Waals surface area contributed by atoms with E-state index in [4.69, 9.17) is 5.11 Å². The molecule has 0 aliphatic carbocycles. The van der Waals surface area contributed by atoms with Crippen molar-refractivity contribution in [1.29, 1.82) is 0 Å². The number of aryl methyl sites for hydroxylation is 1. The van der Waals surface area contributed by atoms with Crippen molar-refractivity contribution in [2.24, 2.45) is 13.0 Å². The van der Waals surface area contributed by atoms with Crippen LogP contribution in [-0.4, -0.2) is 27.7 Å². The molecule has 0 aliphatic rings. The van der Waals surface area contributed by atoms with E-state index in [-0.39, 0.29) is 12.0 Å². The third-order valence-electron chi connectivity index (χ3n) is 3.51. The molecule has 0 spiro atoms. The van der Waals surface area contributed by atoms with Gasteiger partial charge in [0.2, 0.25) is 0 Å². The number of carboxylic acids is 1. The normalized spacial score (nSPS) is 14.5. The van der Waals surface area contributed by atoms with E-state index >= 15 is 0 Å². The van der Waals surface area contributed by atoms with Gasteiger partial charge in [0.05, 0.1) is 23.3 Å². The van der Waals surface area contributed by atoms with Crippen molar-refractivity contribution >= 4 is 17.0 Å². The lowest BCUT2D eigenvalue weighted by atomic mass is 9.96. The molecule has 1 aromatic carbocycles. The molecule has 19 heavy (non-hydrogen) atoms. The summed E-state index contributed by atoms with van der Waals surface area (Å²) in [7, 11) is 3.80. The van der Waals surface area contributed by atoms with Crippen LogP contribution < -0.4 is 5.32 Å². The molecule has 1 heterocycles. The van der Waals surface area contributed by atoms with E-state index in [1.54, 1.807) is 13.3 Å². The number of benzene rings is 1. The van der Waals surface area contributed by atoms with E-state index in [9.17, 15) is 4.79 Å². The number of hydrogen-bond donors (Lipinski definition) is 2. The standard InChI is InChI=1S/C14H19N3O2/c1-9(14(18)19)6-11(15-2)10-4-5-13-12(7-10)16-8-17(13)3/h4-5,7-9,11,15H,6H2,1-3H3,(H,18,19). The molecule has 2 atom stereocenters. The number of nitrogens with one attached hydrogen (secondary N) is 1. The molecule has 1 aromatic heterocycles. The second-order valence-electron chi connectivity index (χ2n) is 4.92. The molecule has 0 bridgehead atoms. The van der Waals surface area contributed by atoms with Crippen LogP contribution in [0.4, 0.5) is 0 Å². The van der Waals surface area contributed by atoms with Crippen molar-refractivity contribution in [1.82, 2.24) is 14.9 Å². The van der Waals surface area contributed by atoms with Crippen molar-refractivity contribution < 1.29 is 9.90 Å². The number of rotatable bonds is 5. The van der Waals surface area contributed by atoms with Crippen LogP contribution in [0, 0.1) is 5.92 Å². The van der Waals surface area contributed by atoms with Crippen molar-refractivity contribution in [3.8, 4) is 0 Å². The summed E-state index contributed by atoms with van der Waals surface area (Å²) in [6.07, 6.45) is 2.34. The fourth-order valence-electron chi connectivity index (χ4n) is 2.24. The largest absolute Gasteiger partial charge is 0.481 e. The molecule has 0 aliphatic heterocycles. The van der Waals surface area contributed by atoms with Crippen molar-refractivity contribution in [3.63, 3.8) is 0 Å². The van der Waals surface area contributed by atoms with Gasteiger partial charge in [0.1, 0.15) is 0 Å². The van der Waals surface area contributed by atoms with E-state index in [1.807, 2.05) is 36.9 Å². The van der Waals surface area contributed by atoms with Gasteiger partial charge in [-0.2, -0.15) is 0 Å². The third kappa shape index (κ3) is 2.76. The highest BCUT2D eigenvalue weighted by molar-refractivity contribution is 5.76. The first kappa shape index (κ1) is 13.5. The average Bonchev–Trinajstić information content (AvgIpc) is 2.76. The Morgan fingerprint density at radius 2 is 2.26 bits per heavy atom. The van der Waals surface area contributed by atoms with Crippen LogP contribution in [0.15, 0.2) is 24.5 Å². The summed E-state index contributed by atoms with van der Waals surface area (Å²) in [4.78, 5) is 15.3. The van der Waals surface area contributed by atoms with Gasteiger partial charge in [-0.1, -0.05) is 13.0 Å². The predicted octanol–water partition coefficient (Wildman–Crippen LogP) is 1.94. The maximum absolute atomic E-state index is 11.0. The molecule has 0 amide bonds. The highest BCUT2D eigenvalue weighted by Crippen LogP contribution is 2.24. The van der Waals surface area contributed by atoms with Crippen LogP contribution in [0.2, 0.25) is 0 Å². The fourth-order valence-corrected chi connectivity index (χ4v) is 2.24. The van der Waals surface area contributed by atoms with Crippen molar-refractivity contribution in [2.45, 2.75) is 19.4 Å². The highest BCUT2D eigenvalue weighted by atomic mass is 16.4. The smallest absolute Gasteiger partial charge is 0.306 e. The minimum Gasteiger partial charge on any atom is -0.481 e. The van der Waals surface area contributed by atoms with Gasteiger partial charge in [0, 0.05) is 13.1 Å². The number of fused-ring (bicyclic) bond motifs is 1. The van der Waals surface area contributed by atoms with E-state index in [1.165, 1.54) is 0 Å². The summed E-state index contributed by atoms with van der Waals surface area (Å²) in [5, 5.41) is 12.2. The molecule has 0 saturated heterocycles. The average molecular weight is 261 g/mol. The van der Waals surface area contributed by atoms with E-state index in [0.29, 0.717) is 6.42 Å². The Morgan fingerprint density at radius 3 is 2.89 bits per heavy atom. The van der Waals surface area contributed by atoms with E-state index in [0.717, 1.165) is 16.6 Å². The number of carbonyl (C=O) groups is 1. The van der Waals surface area contributed by atoms with Gasteiger partial charge in [-0.05, 0) is 31.2 Å². The second kappa shape index (κ2) is 5.40. The van der Waals surface area contributed by atoms with Crippen LogP contribution in [0.3, 0.4) is 0 Å². The number of aliphatic carboxylic acids is 1. The lowest BCUT2D eigenvalue weighted by Crippen LogP contribution is -2.22. The number of aromatic nitrogens is 2. The second-order valence-corrected chi connectivity index (χ2v) is 4.92. The summed E-state index contributed by atoms with van der Waals surface area (Å²) < 4.78 is 1.97. The molecular weight excluding hydrogens is 242 g/mol. The lowest BCUT2D eigenvalue weighted by Gasteiger charge is -2.19. The summed E-state index contributed by atoms with van der Waals surface area (Å²) in [6.45, 7) is 1.73. The number of nitrogens with zero attached hydrogens (tertiary/aromatic N) is 2. The van der Waals surface area contributed by atoms with Crippen LogP contribution in [0.5, 0.6) is 0 Å². The van der Waals surface area contributed by atoms with Gasteiger partial charge in [-0.15, -0.1) is 0 Å². The molecule has 102 valence electrons. The molecule has 5 nitrogen and oxygen atoms in total. The Bertz CT molecular complexity index is 591. The number of carboxylic acid groups (broad SMARTS) is 1. The Balaban J connectivity index is 2.27. The first-order valence-electron chi connectivity index (χ1n) is 6.34. The summed E-state index contributed by atoms with van der Waals surface area (Å²) in [6, 6.07) is 6.09. The summed E-state index contributed by atoms with van der Waals surface area (Å²) in [5.41, 5.74) is 3.08. The van der Waals surface area contributed by atoms with Gasteiger partial charge in [0.15, 0.2) is 0 Å². The molecule has 2 unspecified atom stereocenters. The molecule has 0 saturated carbocycles. The van der Waals surface area contributed by atoms with Crippen LogP contribution in [-0.2, 0) is 11.8 Å². The molecule has 2 N–H and O–H groups in total. The Hall–Kier alpha value is -1.88. The monoisotopic (exact) mass is 261 g/mol. The van der Waals surface area contributed by atoms with Gasteiger partial charge in [-0.25, -0.2) is 4.98 Å². The molecule has 0 fully saturated rings. The minimum absolute atomic E-state index is 0.0255. The zero-order valence-corrected chi connectivity index (χ0v) is 11.4. The maximum Gasteiger partial charge on any atom is 0.306 e. The predicted molar refractivity (Wildman–Crippen MR) is 73.9 cm³/mol. The van der Waals surface area contributed by atoms with Crippen molar-refractivity contribution in [2.75, 3.05) is 7.05 Å². The topological polar surface area (TPSA) is 67.2 Å². The summed E-state index contributed by atoms with van der Waals surface area (Å²) >= 11 is 0. The molecular formula is C14H19N3O2. The van der Waals surface area contributed by atoms with E-state index in [2.05, 4.69) is 10.3 Å². The van der Waals surface area contributed by atoms with Gasteiger partial charge in [0.25, 0.3) is 0 Å². The zero-order chi connectivity index (χ0) is 14.0. The SMILES string of the molecule is CNC(CC(C)C(=O)O)c1ccc2c(c1)ncn2C. The van der Waals surface area contributed by atoms with Gasteiger partial charge >= 0.3 is 5.97 Å². The summed E-state index contributed by atoms with van der Waals surface area (Å²) in [5.74, 6) is -1.14. The van der Waals surface area contributed by atoms with Crippen LogP contribution in [0.1, 0.15) is 24.9 Å². The minimum atomic E-state index is -0.765. The van der Waals surface area contributed by atoms with E-state index < -0.39 is 5.97 Å². The van der Waals surface area contributed by atoms with Crippen molar-refractivity contribution in [3.05, 3.63) is 30.1 Å². The Kier molecular flexibility index (Phi) is 3.85. The molecule has 2 rings (SSSR count). The van der Waals surface area contributed by atoms with Gasteiger partial charge < -0.3 is 15.0 Å². The highest BCUT2D eigenvalue weighted by Gasteiger charge is 2.19. The quantitative estimate of drug-likeness (QED) is 0.863. The molecule has 2 aromatic rings. The first-order valence-corrected chi connectivity index (χ1v) is 6.34. The zero-order valence-electron chi connectivity index (χ0n) is 11.4. The Labute approximate surface area is 112 Å². The van der Waals surface area contributed by atoms with Gasteiger partial charge in [-0.3, -0.25) is 4.79 Å².